The van der Waals surface area contributed by atoms with Crippen LogP contribution in [-0.4, -0.2) is 19.3 Å². The van der Waals surface area contributed by atoms with Gasteiger partial charge in [0, 0.05) is 19.1 Å². The Hall–Kier alpha value is -0.860. The summed E-state index contributed by atoms with van der Waals surface area (Å²) >= 11 is 0. The summed E-state index contributed by atoms with van der Waals surface area (Å²) in [5, 5.41) is 0. The monoisotopic (exact) mass is 207 g/mol. The third kappa shape index (κ3) is 2.06. The molecule has 1 atom stereocenters. The highest BCUT2D eigenvalue weighted by atomic mass is 16.5. The summed E-state index contributed by atoms with van der Waals surface area (Å²) in [7, 11) is 1.72. The molecule has 0 radical (unpaired) electrons. The maximum absolute atomic E-state index is 5.82. The van der Waals surface area contributed by atoms with Crippen molar-refractivity contribution in [3.63, 3.8) is 0 Å². The van der Waals surface area contributed by atoms with Crippen LogP contribution in [0.2, 0.25) is 0 Å². The minimum Gasteiger partial charge on any atom is -0.376 e. The average molecular weight is 207 g/mol. The van der Waals surface area contributed by atoms with Crippen molar-refractivity contribution in [1.29, 1.82) is 0 Å². The van der Waals surface area contributed by atoms with Crippen molar-refractivity contribution in [2.75, 3.05) is 13.7 Å². The Morgan fingerprint density at radius 2 is 1.67 bits per heavy atom. The molecule has 0 saturated carbocycles. The Kier molecular flexibility index (Phi) is 3.53. The molecule has 0 aliphatic carbocycles. The predicted octanol–water partition coefficient (Wildman–Crippen LogP) is 2.33. The van der Waals surface area contributed by atoms with Gasteiger partial charge in [0.05, 0.1) is 5.60 Å². The molecule has 0 bridgehead atoms. The van der Waals surface area contributed by atoms with E-state index in [1.54, 1.807) is 7.11 Å². The maximum atomic E-state index is 5.82. The van der Waals surface area contributed by atoms with Crippen LogP contribution in [0.4, 0.5) is 0 Å². The molecule has 2 heteroatoms. The quantitative estimate of drug-likeness (QED) is 0.822. The topological polar surface area (TPSA) is 35.2 Å². The number of hydrogen-bond donors (Lipinski definition) is 1. The van der Waals surface area contributed by atoms with E-state index in [0.717, 1.165) is 0 Å². The fourth-order valence-electron chi connectivity index (χ4n) is 1.75. The van der Waals surface area contributed by atoms with Crippen molar-refractivity contribution in [3.05, 3.63) is 35.9 Å². The first-order chi connectivity index (χ1) is 6.98. The van der Waals surface area contributed by atoms with Crippen LogP contribution in [0.5, 0.6) is 0 Å². The van der Waals surface area contributed by atoms with Crippen LogP contribution < -0.4 is 5.73 Å². The van der Waals surface area contributed by atoms with Crippen LogP contribution >= 0.6 is 0 Å². The molecule has 0 saturated heterocycles. The van der Waals surface area contributed by atoms with E-state index in [0.29, 0.717) is 6.54 Å². The molecular formula is C13H21NO. The van der Waals surface area contributed by atoms with Gasteiger partial charge in [-0.15, -0.1) is 0 Å². The van der Waals surface area contributed by atoms with Gasteiger partial charge < -0.3 is 10.5 Å². The Bertz CT molecular complexity index is 302. The summed E-state index contributed by atoms with van der Waals surface area (Å²) in [6.45, 7) is 6.89. The van der Waals surface area contributed by atoms with Crippen LogP contribution in [0.15, 0.2) is 30.3 Å². The molecule has 0 fully saturated rings. The summed E-state index contributed by atoms with van der Waals surface area (Å²) < 4.78 is 5.58. The van der Waals surface area contributed by atoms with Gasteiger partial charge in [0.15, 0.2) is 0 Å². The minimum atomic E-state index is -0.339. The highest BCUT2D eigenvalue weighted by Gasteiger charge is 2.41. The molecule has 84 valence electrons. The van der Waals surface area contributed by atoms with Gasteiger partial charge in [0.25, 0.3) is 0 Å². The number of ether oxygens (including phenoxy) is 1. The van der Waals surface area contributed by atoms with Crippen molar-refractivity contribution in [3.8, 4) is 0 Å². The van der Waals surface area contributed by atoms with Gasteiger partial charge in [0.2, 0.25) is 0 Å². The molecule has 2 nitrogen and oxygen atoms in total. The van der Waals surface area contributed by atoms with Crippen molar-refractivity contribution in [2.45, 2.75) is 31.8 Å². The first-order valence-corrected chi connectivity index (χ1v) is 5.28. The van der Waals surface area contributed by atoms with Gasteiger partial charge in [0.1, 0.15) is 0 Å². The first kappa shape index (κ1) is 12.2. The Labute approximate surface area is 92.4 Å². The number of hydrogen-bond acceptors (Lipinski definition) is 2. The van der Waals surface area contributed by atoms with Crippen LogP contribution in [-0.2, 0) is 10.2 Å². The van der Waals surface area contributed by atoms with Gasteiger partial charge in [-0.05, 0) is 12.5 Å². The predicted molar refractivity (Wildman–Crippen MR) is 63.9 cm³/mol. The van der Waals surface area contributed by atoms with E-state index < -0.39 is 0 Å². The lowest BCUT2D eigenvalue weighted by molar-refractivity contribution is -0.0421. The molecule has 1 aromatic rings. The van der Waals surface area contributed by atoms with Crippen LogP contribution in [0.25, 0.3) is 0 Å². The number of rotatable bonds is 4. The second-order valence-electron chi connectivity index (χ2n) is 4.63. The van der Waals surface area contributed by atoms with E-state index >= 15 is 0 Å². The van der Waals surface area contributed by atoms with Crippen LogP contribution in [0.1, 0.15) is 26.3 Å². The number of benzene rings is 1. The van der Waals surface area contributed by atoms with Crippen molar-refractivity contribution in [2.24, 2.45) is 5.73 Å². The second kappa shape index (κ2) is 4.33. The Balaban J connectivity index is 3.12. The Morgan fingerprint density at radius 1 is 1.13 bits per heavy atom. The molecule has 0 heterocycles. The van der Waals surface area contributed by atoms with Crippen molar-refractivity contribution >= 4 is 0 Å². The molecule has 1 unspecified atom stereocenters. The van der Waals surface area contributed by atoms with E-state index in [1.807, 2.05) is 18.2 Å². The summed E-state index contributed by atoms with van der Waals surface area (Å²) in [6.07, 6.45) is 0. The fourth-order valence-corrected chi connectivity index (χ4v) is 1.75. The highest BCUT2D eigenvalue weighted by molar-refractivity contribution is 5.27. The summed E-state index contributed by atoms with van der Waals surface area (Å²) in [4.78, 5) is 0. The van der Waals surface area contributed by atoms with Gasteiger partial charge in [-0.25, -0.2) is 0 Å². The van der Waals surface area contributed by atoms with E-state index in [4.69, 9.17) is 10.5 Å². The number of methoxy groups -OCH3 is 1. The molecule has 2 N–H and O–H groups in total. The SMILES string of the molecule is COC(C)(CN)C(C)(C)c1ccccc1. The van der Waals surface area contributed by atoms with E-state index in [1.165, 1.54) is 5.56 Å². The van der Waals surface area contributed by atoms with Crippen LogP contribution in [0.3, 0.4) is 0 Å². The van der Waals surface area contributed by atoms with Crippen molar-refractivity contribution < 1.29 is 4.74 Å². The molecule has 1 rings (SSSR count). The summed E-state index contributed by atoms with van der Waals surface area (Å²) in [5.74, 6) is 0. The van der Waals surface area contributed by atoms with Gasteiger partial charge in [-0.1, -0.05) is 44.2 Å². The Morgan fingerprint density at radius 3 is 2.07 bits per heavy atom. The summed E-state index contributed by atoms with van der Waals surface area (Å²) in [6, 6.07) is 10.3. The van der Waals surface area contributed by atoms with E-state index in [2.05, 4.69) is 32.9 Å². The molecule has 0 amide bonds. The zero-order valence-corrected chi connectivity index (χ0v) is 10.1. The van der Waals surface area contributed by atoms with E-state index in [-0.39, 0.29) is 11.0 Å². The zero-order chi connectivity index (χ0) is 11.5. The minimum absolute atomic E-state index is 0.0994. The van der Waals surface area contributed by atoms with E-state index in [9.17, 15) is 0 Å². The maximum Gasteiger partial charge on any atom is 0.0862 e. The molecule has 1 aromatic carbocycles. The fraction of sp³-hybridized carbons (Fsp3) is 0.538. The standard InChI is InChI=1S/C13H21NO/c1-12(2,13(3,10-14)15-4)11-8-6-5-7-9-11/h5-9H,10,14H2,1-4H3. The largest absolute Gasteiger partial charge is 0.376 e. The van der Waals surface area contributed by atoms with Gasteiger partial charge >= 0.3 is 0 Å². The van der Waals surface area contributed by atoms with Gasteiger partial charge in [-0.2, -0.15) is 0 Å². The molecule has 0 aliphatic rings. The normalized spacial score (nSPS) is 16.1. The van der Waals surface area contributed by atoms with Crippen LogP contribution in [0, 0.1) is 0 Å². The first-order valence-electron chi connectivity index (χ1n) is 5.28. The highest BCUT2D eigenvalue weighted by Crippen LogP contribution is 2.36. The smallest absolute Gasteiger partial charge is 0.0862 e. The number of nitrogens with two attached hydrogens (primary N) is 1. The molecule has 15 heavy (non-hydrogen) atoms. The molecule has 0 aromatic heterocycles. The lowest BCUT2D eigenvalue weighted by atomic mass is 9.71. The average Bonchev–Trinajstić information content (AvgIpc) is 2.29. The molecular weight excluding hydrogens is 186 g/mol. The third-order valence-electron chi connectivity index (χ3n) is 3.66. The zero-order valence-electron chi connectivity index (χ0n) is 10.1. The third-order valence-corrected chi connectivity index (χ3v) is 3.66. The van der Waals surface area contributed by atoms with Crippen molar-refractivity contribution in [1.82, 2.24) is 0 Å². The van der Waals surface area contributed by atoms with Gasteiger partial charge in [-0.3, -0.25) is 0 Å². The summed E-state index contributed by atoms with van der Waals surface area (Å²) in [5.41, 5.74) is 6.63. The molecule has 0 aliphatic heterocycles. The second-order valence-corrected chi connectivity index (χ2v) is 4.63. The lowest BCUT2D eigenvalue weighted by Crippen LogP contribution is -2.52. The lowest BCUT2D eigenvalue weighted by Gasteiger charge is -2.42. The molecule has 0 spiro atoms.